The van der Waals surface area contributed by atoms with E-state index in [1.54, 1.807) is 18.3 Å². The van der Waals surface area contributed by atoms with Crippen LogP contribution in [0.25, 0.3) is 5.52 Å². The Morgan fingerprint density at radius 1 is 1.44 bits per heavy atom. The molecule has 2 N–H and O–H groups in total. The van der Waals surface area contributed by atoms with Crippen LogP contribution >= 0.6 is 0 Å². The molecule has 1 aliphatic carbocycles. The third-order valence-corrected chi connectivity index (χ3v) is 4.76. The fraction of sp³-hybridized carbons (Fsp3) is 0.421. The number of rotatable bonds is 6. The number of carbonyl (C=O) groups excluding carboxylic acids is 1. The number of carboxylic acid groups (broad SMARTS) is 1. The van der Waals surface area contributed by atoms with E-state index < -0.39 is 5.97 Å². The highest BCUT2D eigenvalue weighted by atomic mass is 16.4. The Kier molecular flexibility index (Phi) is 5.16. The Labute approximate surface area is 146 Å². The Hall–Kier alpha value is -2.63. The molecule has 1 aliphatic rings. The zero-order valence-electron chi connectivity index (χ0n) is 14.2. The molecule has 0 aromatic carbocycles. The molecule has 1 fully saturated rings. The maximum Gasteiger partial charge on any atom is 0.356 e. The van der Waals surface area contributed by atoms with Crippen molar-refractivity contribution in [3.05, 3.63) is 47.8 Å². The smallest absolute Gasteiger partial charge is 0.356 e. The fourth-order valence-corrected chi connectivity index (χ4v) is 3.50. The number of carbonyl (C=O) groups is 2. The van der Waals surface area contributed by atoms with Crippen molar-refractivity contribution in [1.29, 1.82) is 0 Å². The highest BCUT2D eigenvalue weighted by Crippen LogP contribution is 2.30. The largest absolute Gasteiger partial charge is 0.476 e. The lowest BCUT2D eigenvalue weighted by Gasteiger charge is -2.23. The van der Waals surface area contributed by atoms with Gasteiger partial charge in [-0.1, -0.05) is 12.2 Å². The second kappa shape index (κ2) is 7.51. The Balaban J connectivity index is 1.57. The van der Waals surface area contributed by atoms with Gasteiger partial charge in [0.2, 0.25) is 0 Å². The van der Waals surface area contributed by atoms with Gasteiger partial charge in [-0.25, -0.2) is 9.31 Å². The summed E-state index contributed by atoms with van der Waals surface area (Å²) in [4.78, 5) is 23.5. The Morgan fingerprint density at radius 2 is 2.28 bits per heavy atom. The van der Waals surface area contributed by atoms with E-state index in [1.165, 1.54) is 29.0 Å². The maximum absolute atomic E-state index is 12.4. The van der Waals surface area contributed by atoms with Gasteiger partial charge in [0, 0.05) is 12.7 Å². The summed E-state index contributed by atoms with van der Waals surface area (Å²) in [5, 5.41) is 15.9. The van der Waals surface area contributed by atoms with E-state index in [1.807, 2.05) is 0 Å². The van der Waals surface area contributed by atoms with Crippen molar-refractivity contribution in [3.8, 4) is 0 Å². The number of amides is 1. The van der Waals surface area contributed by atoms with Crippen LogP contribution in [0.3, 0.4) is 0 Å². The van der Waals surface area contributed by atoms with Gasteiger partial charge in [0.25, 0.3) is 5.91 Å². The fourth-order valence-electron chi connectivity index (χ4n) is 3.50. The van der Waals surface area contributed by atoms with Crippen LogP contribution in [-0.2, 0) is 0 Å². The summed E-state index contributed by atoms with van der Waals surface area (Å²) in [5.74, 6) is -0.617. The minimum atomic E-state index is -1.11. The molecule has 132 valence electrons. The average Bonchev–Trinajstić information content (AvgIpc) is 3.03. The molecule has 0 radical (unpaired) electrons. The number of aromatic carboxylic acids is 1. The molecule has 2 aromatic rings. The van der Waals surface area contributed by atoms with Gasteiger partial charge in [-0.2, -0.15) is 5.10 Å². The van der Waals surface area contributed by atoms with E-state index in [2.05, 4.69) is 17.0 Å². The lowest BCUT2D eigenvalue weighted by molar-refractivity contribution is 0.0689. The SMILES string of the molecule is C=C1CCCC(CCCNC(=O)c2cccn3nc(C(=O)O)cc23)C1. The third-order valence-electron chi connectivity index (χ3n) is 4.76. The summed E-state index contributed by atoms with van der Waals surface area (Å²) in [5.41, 5.74) is 2.22. The summed E-state index contributed by atoms with van der Waals surface area (Å²) >= 11 is 0. The number of nitrogens with one attached hydrogen (secondary N) is 1. The van der Waals surface area contributed by atoms with Crippen molar-refractivity contribution in [2.75, 3.05) is 6.54 Å². The molecule has 6 heteroatoms. The minimum Gasteiger partial charge on any atom is -0.476 e. The van der Waals surface area contributed by atoms with Crippen LogP contribution < -0.4 is 5.32 Å². The first-order chi connectivity index (χ1) is 12.0. The van der Waals surface area contributed by atoms with Crippen LogP contribution in [0.5, 0.6) is 0 Å². The van der Waals surface area contributed by atoms with E-state index in [9.17, 15) is 9.59 Å². The summed E-state index contributed by atoms with van der Waals surface area (Å²) in [7, 11) is 0. The first kappa shape index (κ1) is 17.2. The van der Waals surface area contributed by atoms with Gasteiger partial charge in [-0.3, -0.25) is 4.79 Å². The molecule has 0 saturated heterocycles. The van der Waals surface area contributed by atoms with Crippen molar-refractivity contribution in [2.24, 2.45) is 5.92 Å². The highest BCUT2D eigenvalue weighted by molar-refractivity contribution is 6.01. The van der Waals surface area contributed by atoms with Gasteiger partial charge in [0.1, 0.15) is 0 Å². The quantitative estimate of drug-likeness (QED) is 0.624. The molecule has 0 aliphatic heterocycles. The van der Waals surface area contributed by atoms with Crippen molar-refractivity contribution in [2.45, 2.75) is 38.5 Å². The zero-order chi connectivity index (χ0) is 17.8. The molecule has 0 bridgehead atoms. The molecule has 1 amide bonds. The molecule has 6 nitrogen and oxygen atoms in total. The predicted molar refractivity (Wildman–Crippen MR) is 94.8 cm³/mol. The van der Waals surface area contributed by atoms with Crippen molar-refractivity contribution >= 4 is 17.4 Å². The monoisotopic (exact) mass is 341 g/mol. The first-order valence-corrected chi connectivity index (χ1v) is 8.71. The lowest BCUT2D eigenvalue weighted by Crippen LogP contribution is -2.25. The normalized spacial score (nSPS) is 17.6. The highest BCUT2D eigenvalue weighted by Gasteiger charge is 2.17. The van der Waals surface area contributed by atoms with Gasteiger partial charge >= 0.3 is 5.97 Å². The van der Waals surface area contributed by atoms with E-state index in [-0.39, 0.29) is 11.6 Å². The van der Waals surface area contributed by atoms with E-state index in [0.29, 0.717) is 23.5 Å². The van der Waals surface area contributed by atoms with Crippen LogP contribution in [0, 0.1) is 5.92 Å². The van der Waals surface area contributed by atoms with Crippen LogP contribution in [-0.4, -0.2) is 33.1 Å². The van der Waals surface area contributed by atoms with Crippen molar-refractivity contribution in [1.82, 2.24) is 14.9 Å². The Bertz CT molecular complexity index is 809. The molecule has 1 atom stereocenters. The van der Waals surface area contributed by atoms with Crippen LogP contribution in [0.1, 0.15) is 59.4 Å². The van der Waals surface area contributed by atoms with Gasteiger partial charge in [-0.15, -0.1) is 0 Å². The molecular formula is C19H23N3O3. The van der Waals surface area contributed by atoms with E-state index in [0.717, 1.165) is 25.7 Å². The van der Waals surface area contributed by atoms with Gasteiger partial charge in [0.15, 0.2) is 5.69 Å². The van der Waals surface area contributed by atoms with Crippen LogP contribution in [0.4, 0.5) is 0 Å². The van der Waals surface area contributed by atoms with Gasteiger partial charge < -0.3 is 10.4 Å². The minimum absolute atomic E-state index is 0.0715. The molecule has 3 rings (SSSR count). The summed E-state index contributed by atoms with van der Waals surface area (Å²) in [6.45, 7) is 4.70. The Morgan fingerprint density at radius 3 is 3.04 bits per heavy atom. The number of hydrogen-bond donors (Lipinski definition) is 2. The number of aromatic nitrogens is 2. The van der Waals surface area contributed by atoms with Gasteiger partial charge in [0.05, 0.1) is 11.1 Å². The zero-order valence-corrected chi connectivity index (χ0v) is 14.2. The lowest BCUT2D eigenvalue weighted by atomic mass is 9.83. The van der Waals surface area contributed by atoms with E-state index >= 15 is 0 Å². The molecule has 2 heterocycles. The number of nitrogens with zero attached hydrogens (tertiary/aromatic N) is 2. The number of pyridine rings is 1. The third kappa shape index (κ3) is 4.07. The standard InChI is InChI=1S/C19H23N3O3/c1-13-5-2-6-14(11-13)7-3-9-20-18(23)15-8-4-10-22-17(15)12-16(21-22)19(24)25/h4,8,10,12,14H,1-3,5-7,9,11H2,(H,20,23)(H,24,25). The second-order valence-electron chi connectivity index (χ2n) is 6.70. The molecule has 25 heavy (non-hydrogen) atoms. The first-order valence-electron chi connectivity index (χ1n) is 8.71. The van der Waals surface area contributed by atoms with Crippen molar-refractivity contribution < 1.29 is 14.7 Å². The number of carboxylic acids is 1. The molecule has 1 unspecified atom stereocenters. The topological polar surface area (TPSA) is 83.7 Å². The summed E-state index contributed by atoms with van der Waals surface area (Å²) in [6, 6.07) is 4.79. The average molecular weight is 341 g/mol. The number of hydrogen-bond acceptors (Lipinski definition) is 3. The number of fused-ring (bicyclic) bond motifs is 1. The maximum atomic E-state index is 12.4. The molecule has 0 spiro atoms. The van der Waals surface area contributed by atoms with Crippen LogP contribution in [0.15, 0.2) is 36.5 Å². The predicted octanol–water partition coefficient (Wildman–Crippen LogP) is 3.29. The van der Waals surface area contributed by atoms with Gasteiger partial charge in [-0.05, 0) is 62.6 Å². The van der Waals surface area contributed by atoms with Crippen molar-refractivity contribution in [3.63, 3.8) is 0 Å². The second-order valence-corrected chi connectivity index (χ2v) is 6.70. The van der Waals surface area contributed by atoms with E-state index in [4.69, 9.17) is 5.11 Å². The molecule has 2 aromatic heterocycles. The summed E-state index contributed by atoms with van der Waals surface area (Å²) in [6.07, 6.45) is 8.41. The van der Waals surface area contributed by atoms with Crippen LogP contribution in [0.2, 0.25) is 0 Å². The summed E-state index contributed by atoms with van der Waals surface area (Å²) < 4.78 is 1.42. The number of allylic oxidation sites excluding steroid dienone is 1. The molecule has 1 saturated carbocycles. The molecular weight excluding hydrogens is 318 g/mol.